The number of carbonyl (C=O) groups is 1. The van der Waals surface area contributed by atoms with Gasteiger partial charge in [0.25, 0.3) is 0 Å². The second-order valence-electron chi connectivity index (χ2n) is 5.15. The summed E-state index contributed by atoms with van der Waals surface area (Å²) in [6, 6.07) is 8.41. The van der Waals surface area contributed by atoms with Gasteiger partial charge in [-0.1, -0.05) is 30.3 Å². The molecule has 0 aromatic heterocycles. The zero-order chi connectivity index (χ0) is 17.0. The quantitative estimate of drug-likeness (QED) is 0.492. The van der Waals surface area contributed by atoms with Crippen LogP contribution in [0.2, 0.25) is 0 Å². The van der Waals surface area contributed by atoms with E-state index >= 15 is 0 Å². The average Bonchev–Trinajstić information content (AvgIpc) is 2.59. The minimum Gasteiger partial charge on any atom is -0.467 e. The molecule has 1 aliphatic rings. The van der Waals surface area contributed by atoms with Crippen LogP contribution in [-0.4, -0.2) is 70.8 Å². The zero-order valence-electron chi connectivity index (χ0n) is 12.5. The summed E-state index contributed by atoms with van der Waals surface area (Å²) in [6.07, 6.45) is -8.41. The fraction of sp³-hybridized carbons (Fsp3) is 0.533. The van der Waals surface area contributed by atoms with E-state index in [1.165, 1.54) is 7.11 Å². The molecular weight excluding hydrogens is 308 g/mol. The third kappa shape index (κ3) is 3.86. The summed E-state index contributed by atoms with van der Waals surface area (Å²) in [4.78, 5) is 11.9. The molecule has 128 valence electrons. The van der Waals surface area contributed by atoms with Crippen LogP contribution in [0.25, 0.3) is 0 Å². The highest BCUT2D eigenvalue weighted by Gasteiger charge is 2.45. The smallest absolute Gasteiger partial charge is 0.339 e. The number of hydrogen-bond acceptors (Lipinski definition) is 8. The van der Waals surface area contributed by atoms with Crippen LogP contribution in [0.5, 0.6) is 0 Å². The van der Waals surface area contributed by atoms with E-state index in [-0.39, 0.29) is 0 Å². The van der Waals surface area contributed by atoms with E-state index < -0.39 is 49.4 Å². The van der Waals surface area contributed by atoms with Crippen LogP contribution in [0.3, 0.4) is 0 Å². The molecular formula is C15H20O8. The molecule has 1 heterocycles. The fourth-order valence-electron chi connectivity index (χ4n) is 2.32. The number of carbonyl (C=O) groups excluding carboxylic acids is 1. The first-order valence-corrected chi connectivity index (χ1v) is 7.08. The molecule has 0 radical (unpaired) electrons. The lowest BCUT2D eigenvalue weighted by Gasteiger charge is -2.40. The van der Waals surface area contributed by atoms with Crippen molar-refractivity contribution < 1.29 is 39.4 Å². The first kappa shape index (κ1) is 17.8. The lowest BCUT2D eigenvalue weighted by molar-refractivity contribution is -0.311. The van der Waals surface area contributed by atoms with Gasteiger partial charge < -0.3 is 34.6 Å². The highest BCUT2D eigenvalue weighted by molar-refractivity contribution is 5.76. The number of aliphatic hydroxyl groups is 4. The summed E-state index contributed by atoms with van der Waals surface area (Å²) in [5.41, 5.74) is 0.469. The summed E-state index contributed by atoms with van der Waals surface area (Å²) in [7, 11) is 1.19. The predicted octanol–water partition coefficient (Wildman–Crippen LogP) is -1.28. The summed E-state index contributed by atoms with van der Waals surface area (Å²) in [5, 5.41) is 38.6. The molecule has 23 heavy (non-hydrogen) atoms. The van der Waals surface area contributed by atoms with Crippen molar-refractivity contribution in [1.82, 2.24) is 0 Å². The van der Waals surface area contributed by atoms with Gasteiger partial charge in [0.2, 0.25) is 0 Å². The van der Waals surface area contributed by atoms with Crippen LogP contribution in [0.1, 0.15) is 11.7 Å². The van der Waals surface area contributed by atoms with Crippen molar-refractivity contribution in [1.29, 1.82) is 0 Å². The van der Waals surface area contributed by atoms with E-state index in [9.17, 15) is 20.1 Å². The van der Waals surface area contributed by atoms with Gasteiger partial charge >= 0.3 is 5.97 Å². The van der Waals surface area contributed by atoms with Crippen LogP contribution in [0.4, 0.5) is 0 Å². The lowest BCUT2D eigenvalue weighted by Crippen LogP contribution is -2.59. The summed E-state index contributed by atoms with van der Waals surface area (Å²) >= 11 is 0. The van der Waals surface area contributed by atoms with Crippen LogP contribution in [0.15, 0.2) is 30.3 Å². The van der Waals surface area contributed by atoms with Gasteiger partial charge in [-0.25, -0.2) is 4.79 Å². The van der Waals surface area contributed by atoms with Gasteiger partial charge in [-0.3, -0.25) is 0 Å². The van der Waals surface area contributed by atoms with Crippen molar-refractivity contribution in [3.8, 4) is 0 Å². The van der Waals surface area contributed by atoms with E-state index in [2.05, 4.69) is 4.74 Å². The largest absolute Gasteiger partial charge is 0.467 e. The molecule has 0 saturated carbocycles. The van der Waals surface area contributed by atoms with Gasteiger partial charge in [0.15, 0.2) is 12.4 Å². The second-order valence-corrected chi connectivity index (χ2v) is 5.15. The average molecular weight is 328 g/mol. The van der Waals surface area contributed by atoms with Crippen molar-refractivity contribution in [3.05, 3.63) is 35.9 Å². The van der Waals surface area contributed by atoms with Gasteiger partial charge in [-0.2, -0.15) is 0 Å². The summed E-state index contributed by atoms with van der Waals surface area (Å²) in [5.74, 6) is -0.715. The van der Waals surface area contributed by atoms with Crippen LogP contribution < -0.4 is 0 Å². The summed E-state index contributed by atoms with van der Waals surface area (Å²) < 4.78 is 15.4. The Kier molecular flexibility index (Phi) is 6.05. The Morgan fingerprint density at radius 2 is 1.83 bits per heavy atom. The van der Waals surface area contributed by atoms with E-state index in [1.54, 1.807) is 30.3 Å². The molecule has 4 N–H and O–H groups in total. The maximum Gasteiger partial charge on any atom is 0.339 e. The van der Waals surface area contributed by atoms with E-state index in [1.807, 2.05) is 0 Å². The van der Waals surface area contributed by atoms with Gasteiger partial charge in [0.1, 0.15) is 24.4 Å². The highest BCUT2D eigenvalue weighted by Crippen LogP contribution is 2.28. The van der Waals surface area contributed by atoms with E-state index in [0.29, 0.717) is 5.56 Å². The van der Waals surface area contributed by atoms with Crippen molar-refractivity contribution in [3.63, 3.8) is 0 Å². The maximum absolute atomic E-state index is 11.9. The standard InChI is InChI=1S/C15H20O8/c1-21-14(20)13(8-5-3-2-4-6-8)23-15-12(19)11(18)10(17)9(7-16)22-15/h2-6,9-13,15-19H,7H2,1H3. The third-order valence-electron chi connectivity index (χ3n) is 3.64. The minimum atomic E-state index is -1.59. The number of rotatable bonds is 5. The van der Waals surface area contributed by atoms with E-state index in [0.717, 1.165) is 0 Å². The Bertz CT molecular complexity index is 505. The number of aliphatic hydroxyl groups excluding tert-OH is 4. The molecule has 6 atom stereocenters. The number of benzene rings is 1. The Hall–Kier alpha value is -1.55. The van der Waals surface area contributed by atoms with Crippen LogP contribution >= 0.6 is 0 Å². The lowest BCUT2D eigenvalue weighted by atomic mass is 9.99. The number of hydrogen-bond donors (Lipinski definition) is 4. The maximum atomic E-state index is 11.9. The molecule has 8 nitrogen and oxygen atoms in total. The third-order valence-corrected chi connectivity index (χ3v) is 3.64. The molecule has 1 saturated heterocycles. The SMILES string of the molecule is COC(=O)C(OC1OC(CO)C(O)C(O)C1O)c1ccccc1. The molecule has 0 spiro atoms. The second kappa shape index (κ2) is 7.82. The molecule has 8 heteroatoms. The first-order valence-electron chi connectivity index (χ1n) is 7.08. The molecule has 1 aliphatic heterocycles. The minimum absolute atomic E-state index is 0.469. The van der Waals surface area contributed by atoms with Crippen LogP contribution in [0, 0.1) is 0 Å². The van der Waals surface area contributed by atoms with Gasteiger partial charge in [-0.15, -0.1) is 0 Å². The number of esters is 1. The molecule has 1 fully saturated rings. The molecule has 0 bridgehead atoms. The molecule has 6 unspecified atom stereocenters. The normalized spacial score (nSPS) is 32.3. The van der Waals surface area contributed by atoms with E-state index in [4.69, 9.17) is 14.6 Å². The van der Waals surface area contributed by atoms with Gasteiger partial charge in [-0.05, 0) is 5.56 Å². The molecule has 1 aromatic carbocycles. The van der Waals surface area contributed by atoms with Gasteiger partial charge in [0.05, 0.1) is 13.7 Å². The monoisotopic (exact) mass is 328 g/mol. The molecule has 2 rings (SSSR count). The van der Waals surface area contributed by atoms with Crippen LogP contribution in [-0.2, 0) is 19.0 Å². The van der Waals surface area contributed by atoms with Crippen molar-refractivity contribution in [2.24, 2.45) is 0 Å². The predicted molar refractivity (Wildman–Crippen MR) is 76.1 cm³/mol. The highest BCUT2D eigenvalue weighted by atomic mass is 16.7. The van der Waals surface area contributed by atoms with Gasteiger partial charge in [0, 0.05) is 0 Å². The molecule has 0 aliphatic carbocycles. The van der Waals surface area contributed by atoms with Crippen molar-refractivity contribution in [2.75, 3.05) is 13.7 Å². The fourth-order valence-corrected chi connectivity index (χ4v) is 2.32. The molecule has 0 amide bonds. The Morgan fingerprint density at radius 3 is 2.39 bits per heavy atom. The van der Waals surface area contributed by atoms with Crippen molar-refractivity contribution in [2.45, 2.75) is 36.8 Å². The van der Waals surface area contributed by atoms with Crippen molar-refractivity contribution >= 4 is 5.97 Å². The Labute approximate surface area is 132 Å². The topological polar surface area (TPSA) is 126 Å². The zero-order valence-corrected chi connectivity index (χ0v) is 12.5. The summed E-state index contributed by atoms with van der Waals surface area (Å²) in [6.45, 7) is -0.584. The number of ether oxygens (including phenoxy) is 3. The number of methoxy groups -OCH3 is 1. The Balaban J connectivity index is 2.20. The molecule has 1 aromatic rings. The Morgan fingerprint density at radius 1 is 1.17 bits per heavy atom. The first-order chi connectivity index (χ1) is 11.0.